The van der Waals surface area contributed by atoms with Gasteiger partial charge in [0.05, 0.1) is 17.0 Å². The third kappa shape index (κ3) is 2.99. The monoisotopic (exact) mass is 398 g/mol. The highest BCUT2D eigenvalue weighted by molar-refractivity contribution is 7.89. The zero-order chi connectivity index (χ0) is 19.1. The van der Waals surface area contributed by atoms with Crippen molar-refractivity contribution in [2.75, 3.05) is 19.6 Å². The summed E-state index contributed by atoms with van der Waals surface area (Å²) < 4.78 is 30.0. The fourth-order valence-corrected chi connectivity index (χ4v) is 5.64. The standard InChI is InChI=1S/C19H22N6O2S/c26-28(27,16-3-4-17-15(12-16)2-1-7-21-17)24-9-5-14(6-10-24)19-23-22-18-13-20-8-11-25(18)19/h1-4,7,12,14,20H,5-6,8-11,13H2. The van der Waals surface area contributed by atoms with E-state index in [0.29, 0.717) is 18.0 Å². The van der Waals surface area contributed by atoms with Gasteiger partial charge < -0.3 is 9.88 Å². The molecule has 8 nitrogen and oxygen atoms in total. The number of fused-ring (bicyclic) bond motifs is 2. The molecule has 28 heavy (non-hydrogen) atoms. The van der Waals surface area contributed by atoms with Crippen LogP contribution in [0.15, 0.2) is 41.4 Å². The van der Waals surface area contributed by atoms with Gasteiger partial charge in [0.25, 0.3) is 0 Å². The first-order chi connectivity index (χ1) is 13.6. The number of pyridine rings is 1. The van der Waals surface area contributed by atoms with E-state index >= 15 is 0 Å². The number of aromatic nitrogens is 4. The summed E-state index contributed by atoms with van der Waals surface area (Å²) >= 11 is 0. The smallest absolute Gasteiger partial charge is 0.243 e. The van der Waals surface area contributed by atoms with Crippen molar-refractivity contribution in [3.63, 3.8) is 0 Å². The van der Waals surface area contributed by atoms with Crippen LogP contribution in [0.1, 0.15) is 30.4 Å². The molecule has 0 atom stereocenters. The lowest BCUT2D eigenvalue weighted by Crippen LogP contribution is -2.38. The molecule has 0 unspecified atom stereocenters. The van der Waals surface area contributed by atoms with Crippen molar-refractivity contribution in [3.8, 4) is 0 Å². The van der Waals surface area contributed by atoms with Gasteiger partial charge in [0, 0.05) is 43.7 Å². The van der Waals surface area contributed by atoms with Crippen LogP contribution in [-0.2, 0) is 23.1 Å². The lowest BCUT2D eigenvalue weighted by molar-refractivity contribution is 0.307. The van der Waals surface area contributed by atoms with Gasteiger partial charge >= 0.3 is 0 Å². The Kier molecular flexibility index (Phi) is 4.37. The molecule has 0 spiro atoms. The van der Waals surface area contributed by atoms with Crippen molar-refractivity contribution in [1.29, 1.82) is 0 Å². The van der Waals surface area contributed by atoms with Crippen molar-refractivity contribution in [2.45, 2.75) is 36.7 Å². The predicted molar refractivity (Wildman–Crippen MR) is 104 cm³/mol. The number of sulfonamides is 1. The number of benzene rings is 1. The third-order valence-electron chi connectivity index (χ3n) is 5.68. The predicted octanol–water partition coefficient (Wildman–Crippen LogP) is 1.50. The van der Waals surface area contributed by atoms with Crippen molar-refractivity contribution >= 4 is 20.9 Å². The molecule has 1 fully saturated rings. The second kappa shape index (κ2) is 6.91. The first kappa shape index (κ1) is 17.7. The van der Waals surface area contributed by atoms with Crippen LogP contribution < -0.4 is 5.32 Å². The highest BCUT2D eigenvalue weighted by Crippen LogP contribution is 2.31. The molecule has 0 radical (unpaired) electrons. The molecule has 2 aliphatic heterocycles. The Labute approximate surface area is 163 Å². The maximum Gasteiger partial charge on any atom is 0.243 e. The number of hydrogen-bond donors (Lipinski definition) is 1. The molecule has 9 heteroatoms. The Morgan fingerprint density at radius 1 is 1.07 bits per heavy atom. The molecular weight excluding hydrogens is 376 g/mol. The minimum Gasteiger partial charge on any atom is -0.312 e. The highest BCUT2D eigenvalue weighted by atomic mass is 32.2. The van der Waals surface area contributed by atoms with Gasteiger partial charge in [-0.25, -0.2) is 8.42 Å². The van der Waals surface area contributed by atoms with Gasteiger partial charge in [0.1, 0.15) is 11.6 Å². The van der Waals surface area contributed by atoms with Crippen LogP contribution >= 0.6 is 0 Å². The quantitative estimate of drug-likeness (QED) is 0.719. The zero-order valence-electron chi connectivity index (χ0n) is 15.5. The molecule has 1 N–H and O–H groups in total. The largest absolute Gasteiger partial charge is 0.312 e. The summed E-state index contributed by atoms with van der Waals surface area (Å²) in [6.07, 6.45) is 3.24. The molecule has 4 heterocycles. The number of nitrogens with zero attached hydrogens (tertiary/aromatic N) is 5. The van der Waals surface area contributed by atoms with Crippen LogP contribution in [0.4, 0.5) is 0 Å². The van der Waals surface area contributed by atoms with Crippen LogP contribution in [0.25, 0.3) is 10.9 Å². The van der Waals surface area contributed by atoms with Gasteiger partial charge in [0.15, 0.2) is 0 Å². The first-order valence-corrected chi connectivity index (χ1v) is 11.0. The van der Waals surface area contributed by atoms with E-state index in [4.69, 9.17) is 0 Å². The molecule has 2 aromatic heterocycles. The number of rotatable bonds is 3. The highest BCUT2D eigenvalue weighted by Gasteiger charge is 2.32. The van der Waals surface area contributed by atoms with E-state index in [1.54, 1.807) is 28.7 Å². The van der Waals surface area contributed by atoms with Gasteiger partial charge in [0.2, 0.25) is 10.0 Å². The maximum absolute atomic E-state index is 13.1. The number of piperidine rings is 1. The van der Waals surface area contributed by atoms with E-state index in [-0.39, 0.29) is 5.92 Å². The summed E-state index contributed by atoms with van der Waals surface area (Å²) in [6.45, 7) is 3.54. The van der Waals surface area contributed by atoms with E-state index in [9.17, 15) is 8.42 Å². The summed E-state index contributed by atoms with van der Waals surface area (Å²) in [7, 11) is -3.51. The van der Waals surface area contributed by atoms with Crippen LogP contribution in [0.2, 0.25) is 0 Å². The summed E-state index contributed by atoms with van der Waals surface area (Å²) in [6, 6.07) is 8.84. The Bertz CT molecular complexity index is 1120. The van der Waals surface area contributed by atoms with Gasteiger partial charge in [-0.2, -0.15) is 4.31 Å². The molecular formula is C19H22N6O2S. The minimum atomic E-state index is -3.51. The SMILES string of the molecule is O=S(=O)(c1ccc2ncccc2c1)N1CCC(c2nnc3n2CCNC3)CC1. The van der Waals surface area contributed by atoms with Gasteiger partial charge in [-0.05, 0) is 37.1 Å². The Morgan fingerprint density at radius 2 is 1.93 bits per heavy atom. The van der Waals surface area contributed by atoms with E-state index < -0.39 is 10.0 Å². The fraction of sp³-hybridized carbons (Fsp3) is 0.421. The molecule has 3 aromatic rings. The van der Waals surface area contributed by atoms with Crippen molar-refractivity contribution < 1.29 is 8.42 Å². The summed E-state index contributed by atoms with van der Waals surface area (Å²) in [5.74, 6) is 2.23. The number of nitrogens with one attached hydrogen (secondary N) is 1. The molecule has 0 saturated carbocycles. The summed E-state index contributed by atoms with van der Waals surface area (Å²) in [4.78, 5) is 4.59. The zero-order valence-corrected chi connectivity index (χ0v) is 16.3. The molecule has 5 rings (SSSR count). The second-order valence-electron chi connectivity index (χ2n) is 7.34. The Hall–Kier alpha value is -2.36. The Balaban J connectivity index is 1.35. The lowest BCUT2D eigenvalue weighted by Gasteiger charge is -2.31. The molecule has 0 amide bonds. The molecule has 1 saturated heterocycles. The minimum absolute atomic E-state index is 0.256. The van der Waals surface area contributed by atoms with E-state index in [0.717, 1.165) is 55.0 Å². The van der Waals surface area contributed by atoms with E-state index in [1.165, 1.54) is 0 Å². The Morgan fingerprint density at radius 3 is 2.79 bits per heavy atom. The third-order valence-corrected chi connectivity index (χ3v) is 7.58. The van der Waals surface area contributed by atoms with Crippen LogP contribution in [0, 0.1) is 0 Å². The normalized spacial score (nSPS) is 19.0. The van der Waals surface area contributed by atoms with Crippen molar-refractivity contribution in [1.82, 2.24) is 29.4 Å². The molecule has 2 aliphatic rings. The molecule has 1 aromatic carbocycles. The van der Waals surface area contributed by atoms with Crippen LogP contribution in [0.3, 0.4) is 0 Å². The lowest BCUT2D eigenvalue weighted by atomic mass is 9.97. The summed E-state index contributed by atoms with van der Waals surface area (Å²) in [5, 5.41) is 12.8. The van der Waals surface area contributed by atoms with Crippen LogP contribution in [0.5, 0.6) is 0 Å². The van der Waals surface area contributed by atoms with E-state index in [2.05, 4.69) is 25.1 Å². The second-order valence-corrected chi connectivity index (χ2v) is 9.28. The van der Waals surface area contributed by atoms with E-state index in [1.807, 2.05) is 12.1 Å². The number of hydrogen-bond acceptors (Lipinski definition) is 6. The fourth-order valence-electron chi connectivity index (χ4n) is 4.13. The first-order valence-electron chi connectivity index (χ1n) is 9.60. The molecule has 146 valence electrons. The summed E-state index contributed by atoms with van der Waals surface area (Å²) in [5.41, 5.74) is 0.797. The molecule has 0 aliphatic carbocycles. The van der Waals surface area contributed by atoms with Gasteiger partial charge in [-0.1, -0.05) is 6.07 Å². The van der Waals surface area contributed by atoms with Crippen molar-refractivity contribution in [2.24, 2.45) is 0 Å². The van der Waals surface area contributed by atoms with Gasteiger partial charge in [-0.15, -0.1) is 10.2 Å². The average Bonchev–Trinajstić information content (AvgIpc) is 3.17. The van der Waals surface area contributed by atoms with Crippen molar-refractivity contribution in [3.05, 3.63) is 48.2 Å². The van der Waals surface area contributed by atoms with Gasteiger partial charge in [-0.3, -0.25) is 4.98 Å². The topological polar surface area (TPSA) is 93.0 Å². The average molecular weight is 398 g/mol. The maximum atomic E-state index is 13.1. The van der Waals surface area contributed by atoms with Crippen LogP contribution in [-0.4, -0.2) is 52.1 Å². The molecule has 0 bridgehead atoms.